The summed E-state index contributed by atoms with van der Waals surface area (Å²) >= 11 is 0. The van der Waals surface area contributed by atoms with Crippen LogP contribution in [0.2, 0.25) is 0 Å². The third-order valence-electron chi connectivity index (χ3n) is 5.32. The number of hydrogen-bond donors (Lipinski definition) is 2. The zero-order valence-corrected chi connectivity index (χ0v) is 23.7. The predicted molar refractivity (Wildman–Crippen MR) is 139 cm³/mol. The van der Waals surface area contributed by atoms with Gasteiger partial charge < -0.3 is 29.4 Å². The van der Waals surface area contributed by atoms with Gasteiger partial charge >= 0.3 is 5.97 Å². The monoisotopic (exact) mass is 531 g/mol. The first-order chi connectivity index (χ1) is 17.2. The van der Waals surface area contributed by atoms with Gasteiger partial charge in [-0.15, -0.1) is 0 Å². The Morgan fingerprint density at radius 2 is 1.32 bits per heavy atom. The van der Waals surface area contributed by atoms with Gasteiger partial charge in [-0.3, -0.25) is 19.2 Å². The second-order valence-corrected chi connectivity index (χ2v) is 11.3. The number of Topliss-reactive ketones (excluding diaryl/α,β-unsaturated/α-hetero) is 2. The highest BCUT2D eigenvalue weighted by Crippen LogP contribution is 2.27. The fourth-order valence-corrected chi connectivity index (χ4v) is 3.16. The predicted octanol–water partition coefficient (Wildman–Crippen LogP) is 3.05. The Morgan fingerprint density at radius 1 is 0.757 bits per heavy atom. The van der Waals surface area contributed by atoms with Crippen molar-refractivity contribution in [2.24, 2.45) is 16.7 Å². The van der Waals surface area contributed by atoms with E-state index in [0.29, 0.717) is 65.3 Å². The summed E-state index contributed by atoms with van der Waals surface area (Å²) in [6, 6.07) is 0. The summed E-state index contributed by atoms with van der Waals surface area (Å²) in [4.78, 5) is 46.8. The van der Waals surface area contributed by atoms with Gasteiger partial charge in [0.15, 0.2) is 11.6 Å². The van der Waals surface area contributed by atoms with E-state index < -0.39 is 17.3 Å². The number of ether oxygens (including phenoxy) is 4. The van der Waals surface area contributed by atoms with E-state index in [1.165, 1.54) is 0 Å². The molecule has 0 aromatic carbocycles. The van der Waals surface area contributed by atoms with E-state index in [4.69, 9.17) is 18.9 Å². The standard InChI is InChI=1S/C27H49NO9/c1-26(2,3)18-21(25(32)33)9-10-24(31)28-11-13-35-15-16-36-19-22(29)8-7-12-34-14-17-37-20-23(30)27(4,5)6/h21H,7-20H2,1-6H3,(H,28,31)(H,32,33). The minimum absolute atomic E-state index is 0.0113. The van der Waals surface area contributed by atoms with Crippen molar-refractivity contribution in [1.29, 1.82) is 0 Å². The van der Waals surface area contributed by atoms with Crippen molar-refractivity contribution in [1.82, 2.24) is 5.32 Å². The van der Waals surface area contributed by atoms with Gasteiger partial charge in [0.1, 0.15) is 13.2 Å². The fourth-order valence-electron chi connectivity index (χ4n) is 3.16. The highest BCUT2D eigenvalue weighted by atomic mass is 16.5. The van der Waals surface area contributed by atoms with E-state index in [0.717, 1.165) is 0 Å². The van der Waals surface area contributed by atoms with Gasteiger partial charge in [0.05, 0.1) is 39.0 Å². The Hall–Kier alpha value is -1.88. The Bertz CT molecular complexity index is 680. The van der Waals surface area contributed by atoms with Crippen molar-refractivity contribution in [2.75, 3.05) is 59.4 Å². The van der Waals surface area contributed by atoms with Crippen LogP contribution in [0.15, 0.2) is 0 Å². The number of aliphatic carboxylic acids is 1. The molecule has 1 unspecified atom stereocenters. The Kier molecular flexibility index (Phi) is 18.3. The quantitative estimate of drug-likeness (QED) is 0.202. The maximum Gasteiger partial charge on any atom is 0.306 e. The van der Waals surface area contributed by atoms with Crippen molar-refractivity contribution in [2.45, 2.75) is 73.6 Å². The Morgan fingerprint density at radius 3 is 1.89 bits per heavy atom. The molecule has 0 heterocycles. The maximum absolute atomic E-state index is 11.9. The summed E-state index contributed by atoms with van der Waals surface area (Å²) in [6.45, 7) is 13.9. The lowest BCUT2D eigenvalue weighted by Crippen LogP contribution is -2.29. The molecular formula is C27H49NO9. The summed E-state index contributed by atoms with van der Waals surface area (Å²) in [5.41, 5.74) is -0.519. The third kappa shape index (κ3) is 21.9. The van der Waals surface area contributed by atoms with Gasteiger partial charge in [-0.2, -0.15) is 0 Å². The number of carbonyl (C=O) groups excluding carboxylic acids is 3. The molecular weight excluding hydrogens is 482 g/mol. The molecule has 2 N–H and O–H groups in total. The minimum Gasteiger partial charge on any atom is -0.481 e. The molecule has 0 aromatic heterocycles. The van der Waals surface area contributed by atoms with Crippen molar-refractivity contribution >= 4 is 23.4 Å². The molecule has 0 rings (SSSR count). The molecule has 0 radical (unpaired) electrons. The first-order valence-electron chi connectivity index (χ1n) is 13.1. The molecule has 1 atom stereocenters. The molecule has 0 aromatic rings. The van der Waals surface area contributed by atoms with Crippen LogP contribution < -0.4 is 5.32 Å². The third-order valence-corrected chi connectivity index (χ3v) is 5.32. The highest BCUT2D eigenvalue weighted by molar-refractivity contribution is 5.84. The Labute approximate surface area is 222 Å². The largest absolute Gasteiger partial charge is 0.481 e. The molecule has 216 valence electrons. The van der Waals surface area contributed by atoms with Crippen LogP contribution in [-0.4, -0.2) is 87.9 Å². The van der Waals surface area contributed by atoms with Crippen LogP contribution >= 0.6 is 0 Å². The molecule has 0 bridgehead atoms. The van der Waals surface area contributed by atoms with Gasteiger partial charge in [-0.1, -0.05) is 41.5 Å². The lowest BCUT2D eigenvalue weighted by atomic mass is 9.83. The van der Waals surface area contributed by atoms with Crippen LogP contribution in [0, 0.1) is 16.7 Å². The van der Waals surface area contributed by atoms with Crippen LogP contribution in [0.25, 0.3) is 0 Å². The smallest absolute Gasteiger partial charge is 0.306 e. The lowest BCUT2D eigenvalue weighted by molar-refractivity contribution is -0.143. The molecule has 37 heavy (non-hydrogen) atoms. The van der Waals surface area contributed by atoms with Crippen LogP contribution in [0.5, 0.6) is 0 Å². The van der Waals surface area contributed by atoms with Crippen LogP contribution in [0.4, 0.5) is 0 Å². The minimum atomic E-state index is -0.870. The van der Waals surface area contributed by atoms with Gasteiger partial charge in [0.25, 0.3) is 0 Å². The zero-order chi connectivity index (χ0) is 28.3. The van der Waals surface area contributed by atoms with Gasteiger partial charge in [-0.05, 0) is 24.7 Å². The van der Waals surface area contributed by atoms with Gasteiger partial charge in [0.2, 0.25) is 5.91 Å². The molecule has 0 saturated carbocycles. The van der Waals surface area contributed by atoms with Crippen molar-refractivity contribution in [3.05, 3.63) is 0 Å². The summed E-state index contributed by atoms with van der Waals surface area (Å²) < 4.78 is 21.4. The SMILES string of the molecule is CC(C)(C)CC(CCC(=O)NCCOCCOCC(=O)CCCOCCOCC(=O)C(C)(C)C)C(=O)O. The molecule has 0 spiro atoms. The molecule has 0 fully saturated rings. The number of hydrogen-bond acceptors (Lipinski definition) is 8. The number of nitrogens with one attached hydrogen (secondary N) is 1. The fraction of sp³-hybridized carbons (Fsp3) is 0.852. The summed E-state index contributed by atoms with van der Waals surface area (Å²) in [6.07, 6.45) is 1.93. The van der Waals surface area contributed by atoms with Gasteiger partial charge in [0, 0.05) is 31.4 Å². The lowest BCUT2D eigenvalue weighted by Gasteiger charge is -2.23. The number of amides is 1. The van der Waals surface area contributed by atoms with Crippen LogP contribution in [-0.2, 0) is 38.1 Å². The van der Waals surface area contributed by atoms with E-state index in [1.807, 2.05) is 41.5 Å². The van der Waals surface area contributed by atoms with Crippen molar-refractivity contribution in [3.8, 4) is 0 Å². The van der Waals surface area contributed by atoms with Crippen LogP contribution in [0.1, 0.15) is 73.6 Å². The topological polar surface area (TPSA) is 137 Å². The molecule has 1 amide bonds. The summed E-state index contributed by atoms with van der Waals surface area (Å²) in [5, 5.41) is 12.0. The Balaban J connectivity index is 3.59. The highest BCUT2D eigenvalue weighted by Gasteiger charge is 2.25. The second kappa shape index (κ2) is 19.2. The number of carboxylic acids is 1. The number of ketones is 2. The summed E-state index contributed by atoms with van der Waals surface area (Å²) in [5.74, 6) is -1.58. The van der Waals surface area contributed by atoms with E-state index in [1.54, 1.807) is 0 Å². The van der Waals surface area contributed by atoms with E-state index in [-0.39, 0.29) is 49.1 Å². The van der Waals surface area contributed by atoms with E-state index >= 15 is 0 Å². The van der Waals surface area contributed by atoms with Gasteiger partial charge in [-0.25, -0.2) is 0 Å². The average molecular weight is 532 g/mol. The second-order valence-electron chi connectivity index (χ2n) is 11.3. The van der Waals surface area contributed by atoms with E-state index in [2.05, 4.69) is 5.32 Å². The molecule has 0 saturated heterocycles. The first kappa shape index (κ1) is 35.1. The van der Waals surface area contributed by atoms with Crippen molar-refractivity contribution in [3.63, 3.8) is 0 Å². The molecule has 0 aliphatic carbocycles. The normalized spacial score (nSPS) is 12.8. The molecule has 10 nitrogen and oxygen atoms in total. The maximum atomic E-state index is 11.9. The number of rotatable bonds is 22. The van der Waals surface area contributed by atoms with Crippen molar-refractivity contribution < 1.29 is 43.2 Å². The average Bonchev–Trinajstić information content (AvgIpc) is 2.78. The molecule has 10 heteroatoms. The number of carbonyl (C=O) groups is 4. The number of carboxylic acid groups (broad SMARTS) is 1. The van der Waals surface area contributed by atoms with E-state index in [9.17, 15) is 24.3 Å². The summed E-state index contributed by atoms with van der Waals surface area (Å²) in [7, 11) is 0. The first-order valence-corrected chi connectivity index (χ1v) is 13.1. The van der Waals surface area contributed by atoms with Crippen LogP contribution in [0.3, 0.4) is 0 Å². The zero-order valence-electron chi connectivity index (χ0n) is 23.7. The molecule has 0 aliphatic heterocycles. The molecule has 0 aliphatic rings.